The Morgan fingerprint density at radius 1 is 1.19 bits per heavy atom. The molecule has 0 saturated heterocycles. The van der Waals surface area contributed by atoms with Crippen molar-refractivity contribution in [3.63, 3.8) is 0 Å². The van der Waals surface area contributed by atoms with E-state index in [1.807, 2.05) is 42.9 Å². The van der Waals surface area contributed by atoms with Crippen molar-refractivity contribution < 1.29 is 4.74 Å². The lowest BCUT2D eigenvalue weighted by Gasteiger charge is -2.20. The molecule has 3 heterocycles. The Hall–Kier alpha value is -2.60. The van der Waals surface area contributed by atoms with Gasteiger partial charge in [-0.2, -0.15) is 5.10 Å². The van der Waals surface area contributed by atoms with Gasteiger partial charge in [0.05, 0.1) is 17.9 Å². The summed E-state index contributed by atoms with van der Waals surface area (Å²) in [5.41, 5.74) is 5.03. The van der Waals surface area contributed by atoms with Gasteiger partial charge >= 0.3 is 0 Å². The van der Waals surface area contributed by atoms with Crippen LogP contribution >= 0.6 is 11.6 Å². The molecule has 7 heteroatoms. The van der Waals surface area contributed by atoms with Crippen LogP contribution in [-0.2, 0) is 13.6 Å². The average Bonchev–Trinajstić information content (AvgIpc) is 2.78. The van der Waals surface area contributed by atoms with Gasteiger partial charge in [-0.05, 0) is 38.1 Å². The standard InChI is InChI=1S/C19H20ClN5O/c1-12-18(13(2)24(3)23-12)16-6-7-21-19(22-16)25-8-9-26-17-5-4-15(20)10-14(17)11-25/h4-7,10H,8-9,11H2,1-3H3. The third kappa shape index (κ3) is 3.01. The van der Waals surface area contributed by atoms with E-state index in [-0.39, 0.29) is 0 Å². The van der Waals surface area contributed by atoms with Crippen LogP contribution < -0.4 is 9.64 Å². The topological polar surface area (TPSA) is 56.1 Å². The molecule has 0 amide bonds. The van der Waals surface area contributed by atoms with Gasteiger partial charge in [-0.3, -0.25) is 4.68 Å². The molecule has 0 N–H and O–H groups in total. The van der Waals surface area contributed by atoms with Crippen LogP contribution in [0.1, 0.15) is 17.0 Å². The highest BCUT2D eigenvalue weighted by atomic mass is 35.5. The summed E-state index contributed by atoms with van der Waals surface area (Å²) in [7, 11) is 1.95. The van der Waals surface area contributed by atoms with Crippen LogP contribution in [0.25, 0.3) is 11.3 Å². The number of hydrogen-bond donors (Lipinski definition) is 0. The van der Waals surface area contributed by atoms with Gasteiger partial charge in [0.25, 0.3) is 0 Å². The molecular weight excluding hydrogens is 350 g/mol. The first-order valence-electron chi connectivity index (χ1n) is 8.52. The van der Waals surface area contributed by atoms with E-state index < -0.39 is 0 Å². The van der Waals surface area contributed by atoms with Crippen molar-refractivity contribution in [1.82, 2.24) is 19.7 Å². The summed E-state index contributed by atoms with van der Waals surface area (Å²) < 4.78 is 7.72. The quantitative estimate of drug-likeness (QED) is 0.691. The van der Waals surface area contributed by atoms with Gasteiger partial charge in [-0.15, -0.1) is 0 Å². The normalized spacial score (nSPS) is 13.9. The zero-order valence-corrected chi connectivity index (χ0v) is 15.8. The van der Waals surface area contributed by atoms with Crippen LogP contribution in [0.15, 0.2) is 30.5 Å². The predicted octanol–water partition coefficient (Wildman–Crippen LogP) is 3.55. The maximum Gasteiger partial charge on any atom is 0.226 e. The second-order valence-electron chi connectivity index (χ2n) is 6.43. The van der Waals surface area contributed by atoms with E-state index >= 15 is 0 Å². The zero-order chi connectivity index (χ0) is 18.3. The SMILES string of the molecule is Cc1nn(C)c(C)c1-c1ccnc(N2CCOc3ccc(Cl)cc3C2)n1. The van der Waals surface area contributed by atoms with Crippen molar-refractivity contribution in [3.8, 4) is 17.0 Å². The van der Waals surface area contributed by atoms with E-state index in [4.69, 9.17) is 21.3 Å². The third-order valence-electron chi connectivity index (χ3n) is 4.69. The summed E-state index contributed by atoms with van der Waals surface area (Å²) in [4.78, 5) is 11.4. The highest BCUT2D eigenvalue weighted by Gasteiger charge is 2.20. The van der Waals surface area contributed by atoms with Crippen molar-refractivity contribution >= 4 is 17.5 Å². The molecule has 1 aliphatic heterocycles. The Balaban J connectivity index is 1.70. The van der Waals surface area contributed by atoms with Crippen molar-refractivity contribution in [3.05, 3.63) is 52.4 Å². The highest BCUT2D eigenvalue weighted by molar-refractivity contribution is 6.30. The Labute approximate surface area is 157 Å². The molecule has 2 aromatic heterocycles. The molecule has 6 nitrogen and oxygen atoms in total. The molecule has 1 aliphatic rings. The molecule has 134 valence electrons. The predicted molar refractivity (Wildman–Crippen MR) is 102 cm³/mol. The largest absolute Gasteiger partial charge is 0.491 e. The number of ether oxygens (including phenoxy) is 1. The Morgan fingerprint density at radius 2 is 2.04 bits per heavy atom. The first-order chi connectivity index (χ1) is 12.5. The Bertz CT molecular complexity index is 969. The first kappa shape index (κ1) is 16.8. The fourth-order valence-corrected chi connectivity index (χ4v) is 3.51. The molecule has 0 spiro atoms. The van der Waals surface area contributed by atoms with Gasteiger partial charge < -0.3 is 9.64 Å². The Morgan fingerprint density at radius 3 is 2.81 bits per heavy atom. The summed E-state index contributed by atoms with van der Waals surface area (Å²) in [5, 5.41) is 5.19. The van der Waals surface area contributed by atoms with E-state index in [9.17, 15) is 0 Å². The molecular formula is C19H20ClN5O. The van der Waals surface area contributed by atoms with Crippen molar-refractivity contribution in [2.75, 3.05) is 18.1 Å². The van der Waals surface area contributed by atoms with Crippen molar-refractivity contribution in [2.24, 2.45) is 7.05 Å². The van der Waals surface area contributed by atoms with Crippen molar-refractivity contribution in [1.29, 1.82) is 0 Å². The monoisotopic (exact) mass is 369 g/mol. The second-order valence-corrected chi connectivity index (χ2v) is 6.87. The minimum atomic E-state index is 0.577. The van der Waals surface area contributed by atoms with Crippen LogP contribution in [0.3, 0.4) is 0 Å². The number of benzene rings is 1. The lowest BCUT2D eigenvalue weighted by atomic mass is 10.1. The fraction of sp³-hybridized carbons (Fsp3) is 0.316. The lowest BCUT2D eigenvalue weighted by Crippen LogP contribution is -2.27. The van der Waals surface area contributed by atoms with Gasteiger partial charge in [0, 0.05) is 41.6 Å². The molecule has 0 unspecified atom stereocenters. The first-order valence-corrected chi connectivity index (χ1v) is 8.90. The lowest BCUT2D eigenvalue weighted by molar-refractivity contribution is 0.331. The zero-order valence-electron chi connectivity index (χ0n) is 15.0. The molecule has 0 bridgehead atoms. The summed E-state index contributed by atoms with van der Waals surface area (Å²) in [6.07, 6.45) is 1.80. The van der Waals surface area contributed by atoms with Gasteiger partial charge in [-0.25, -0.2) is 9.97 Å². The summed E-state index contributed by atoms with van der Waals surface area (Å²) >= 11 is 6.15. The van der Waals surface area contributed by atoms with E-state index in [2.05, 4.69) is 21.9 Å². The van der Waals surface area contributed by atoms with Crippen LogP contribution in [0.2, 0.25) is 5.02 Å². The molecule has 0 saturated carbocycles. The maximum atomic E-state index is 6.15. The number of anilines is 1. The molecule has 3 aromatic rings. The molecule has 4 rings (SSSR count). The van der Waals surface area contributed by atoms with Gasteiger partial charge in [0.15, 0.2) is 0 Å². The minimum absolute atomic E-state index is 0.577. The minimum Gasteiger partial charge on any atom is -0.491 e. The molecule has 0 atom stereocenters. The molecule has 0 aliphatic carbocycles. The molecule has 1 aromatic carbocycles. The maximum absolute atomic E-state index is 6.15. The number of fused-ring (bicyclic) bond motifs is 1. The van der Waals surface area contributed by atoms with Crippen LogP contribution in [0, 0.1) is 13.8 Å². The number of nitrogens with zero attached hydrogens (tertiary/aromatic N) is 5. The van der Waals surface area contributed by atoms with Crippen LogP contribution in [0.4, 0.5) is 5.95 Å². The van der Waals surface area contributed by atoms with Crippen LogP contribution in [-0.4, -0.2) is 32.9 Å². The van der Waals surface area contributed by atoms with Gasteiger partial charge in [-0.1, -0.05) is 11.6 Å². The molecule has 26 heavy (non-hydrogen) atoms. The molecule has 0 fully saturated rings. The summed E-state index contributed by atoms with van der Waals surface area (Å²) in [6, 6.07) is 7.63. The van der Waals surface area contributed by atoms with E-state index in [1.165, 1.54) is 0 Å². The summed E-state index contributed by atoms with van der Waals surface area (Å²) in [5.74, 6) is 1.55. The van der Waals surface area contributed by atoms with Gasteiger partial charge in [0.2, 0.25) is 5.95 Å². The second kappa shape index (κ2) is 6.61. The number of halogens is 1. The molecule has 0 radical (unpaired) electrons. The summed E-state index contributed by atoms with van der Waals surface area (Å²) in [6.45, 7) is 6.00. The fourth-order valence-electron chi connectivity index (χ4n) is 3.32. The highest BCUT2D eigenvalue weighted by Crippen LogP contribution is 2.29. The van der Waals surface area contributed by atoms with Gasteiger partial charge in [0.1, 0.15) is 12.4 Å². The number of aromatic nitrogens is 4. The smallest absolute Gasteiger partial charge is 0.226 e. The van der Waals surface area contributed by atoms with E-state index in [1.54, 1.807) is 6.20 Å². The average molecular weight is 370 g/mol. The third-order valence-corrected chi connectivity index (χ3v) is 4.93. The van der Waals surface area contributed by atoms with Crippen LogP contribution in [0.5, 0.6) is 5.75 Å². The number of rotatable bonds is 2. The number of aryl methyl sites for hydroxylation is 2. The van der Waals surface area contributed by atoms with Crippen molar-refractivity contribution in [2.45, 2.75) is 20.4 Å². The Kier molecular flexibility index (Phi) is 4.28. The van der Waals surface area contributed by atoms with E-state index in [0.717, 1.165) is 34.0 Å². The number of hydrogen-bond acceptors (Lipinski definition) is 5. The van der Waals surface area contributed by atoms with E-state index in [0.29, 0.717) is 30.7 Å².